The first kappa shape index (κ1) is 13.3. The Kier molecular flexibility index (Phi) is 3.62. The summed E-state index contributed by atoms with van der Waals surface area (Å²) >= 11 is 5.95. The maximum Gasteiger partial charge on any atom is 0.254 e. The molecule has 0 unspecified atom stereocenters. The van der Waals surface area contributed by atoms with Crippen molar-refractivity contribution in [1.82, 2.24) is 9.88 Å². The summed E-state index contributed by atoms with van der Waals surface area (Å²) in [5.41, 5.74) is 1.74. The van der Waals surface area contributed by atoms with Gasteiger partial charge >= 0.3 is 0 Å². The van der Waals surface area contributed by atoms with Crippen LogP contribution in [0.1, 0.15) is 43.2 Å². The van der Waals surface area contributed by atoms with Gasteiger partial charge in [-0.25, -0.2) is 4.98 Å². The second-order valence-corrected chi connectivity index (χ2v) is 6.05. The minimum atomic E-state index is 0.0691. The van der Waals surface area contributed by atoms with Crippen LogP contribution in [0, 0.1) is 5.41 Å². The van der Waals surface area contributed by atoms with Crippen molar-refractivity contribution in [1.29, 1.82) is 0 Å². The number of pyridine rings is 1. The third-order valence-corrected chi connectivity index (χ3v) is 3.61. The number of carbonyl (C=O) groups is 1. The Balaban J connectivity index is 2.21. The third kappa shape index (κ3) is 2.83. The maximum atomic E-state index is 12.4. The van der Waals surface area contributed by atoms with E-state index in [0.717, 1.165) is 31.6 Å². The Bertz CT molecular complexity index is 471. The van der Waals surface area contributed by atoms with Gasteiger partial charge in [0.25, 0.3) is 5.91 Å². The molecule has 1 aromatic rings. The van der Waals surface area contributed by atoms with Crippen LogP contribution < -0.4 is 0 Å². The van der Waals surface area contributed by atoms with Gasteiger partial charge in [-0.1, -0.05) is 32.4 Å². The van der Waals surface area contributed by atoms with Crippen LogP contribution in [0.5, 0.6) is 0 Å². The molecule has 2 heterocycles. The van der Waals surface area contributed by atoms with E-state index in [0.29, 0.717) is 10.7 Å². The van der Waals surface area contributed by atoms with Crippen LogP contribution in [-0.4, -0.2) is 28.9 Å². The topological polar surface area (TPSA) is 33.2 Å². The highest BCUT2D eigenvalue weighted by Crippen LogP contribution is 2.30. The highest BCUT2D eigenvalue weighted by Gasteiger charge is 2.32. The summed E-state index contributed by atoms with van der Waals surface area (Å²) < 4.78 is 0. The molecule has 0 aliphatic carbocycles. The fourth-order valence-corrected chi connectivity index (χ4v) is 2.55. The van der Waals surface area contributed by atoms with Crippen molar-refractivity contribution in [2.24, 2.45) is 5.41 Å². The highest BCUT2D eigenvalue weighted by molar-refractivity contribution is 6.29. The first-order valence-corrected chi connectivity index (χ1v) is 6.75. The van der Waals surface area contributed by atoms with Crippen molar-refractivity contribution in [3.8, 4) is 0 Å². The van der Waals surface area contributed by atoms with Gasteiger partial charge in [-0.3, -0.25) is 4.79 Å². The first-order valence-electron chi connectivity index (χ1n) is 6.37. The van der Waals surface area contributed by atoms with Gasteiger partial charge in [-0.2, -0.15) is 0 Å². The minimum absolute atomic E-state index is 0.0691. The predicted octanol–water partition coefficient (Wildman–Crippen LogP) is 3.17. The van der Waals surface area contributed by atoms with Crippen molar-refractivity contribution < 1.29 is 4.79 Å². The molecule has 3 nitrogen and oxygen atoms in total. The monoisotopic (exact) mass is 266 g/mol. The predicted molar refractivity (Wildman–Crippen MR) is 72.9 cm³/mol. The first-order chi connectivity index (χ1) is 8.41. The fraction of sp³-hybridized carbons (Fsp3) is 0.571. The molecule has 1 fully saturated rings. The van der Waals surface area contributed by atoms with Crippen LogP contribution in [0.15, 0.2) is 12.1 Å². The molecule has 1 amide bonds. The molecule has 1 aliphatic heterocycles. The zero-order chi connectivity index (χ0) is 13.3. The molecule has 0 aromatic carbocycles. The van der Waals surface area contributed by atoms with E-state index in [2.05, 4.69) is 18.8 Å². The Morgan fingerprint density at radius 1 is 1.50 bits per heavy atom. The van der Waals surface area contributed by atoms with E-state index in [9.17, 15) is 4.79 Å². The standard InChI is InChI=1S/C14H19ClN2O/c1-4-11-7-10(8-12(15)16-11)13(18)17-6-5-14(2,3)9-17/h7-8H,4-6,9H2,1-3H3. The van der Waals surface area contributed by atoms with E-state index in [1.54, 1.807) is 6.07 Å². The molecule has 98 valence electrons. The molecule has 1 aliphatic rings. The van der Waals surface area contributed by atoms with Gasteiger partial charge in [-0.15, -0.1) is 0 Å². The number of amides is 1. The number of hydrogen-bond acceptors (Lipinski definition) is 2. The molecule has 0 N–H and O–H groups in total. The zero-order valence-electron chi connectivity index (χ0n) is 11.2. The summed E-state index contributed by atoms with van der Waals surface area (Å²) in [5.74, 6) is 0.0691. The van der Waals surface area contributed by atoms with Gasteiger partial charge in [0.15, 0.2) is 0 Å². The maximum absolute atomic E-state index is 12.4. The Morgan fingerprint density at radius 2 is 2.22 bits per heavy atom. The van der Waals surface area contributed by atoms with Crippen LogP contribution in [-0.2, 0) is 6.42 Å². The minimum Gasteiger partial charge on any atom is -0.338 e. The molecular weight excluding hydrogens is 248 g/mol. The highest BCUT2D eigenvalue weighted by atomic mass is 35.5. The number of aromatic nitrogens is 1. The SMILES string of the molecule is CCc1cc(C(=O)N2CCC(C)(C)C2)cc(Cl)n1. The summed E-state index contributed by atoms with van der Waals surface area (Å²) in [6, 6.07) is 3.51. The molecule has 0 spiro atoms. The molecule has 4 heteroatoms. The number of rotatable bonds is 2. The Hall–Kier alpha value is -1.09. The van der Waals surface area contributed by atoms with Crippen LogP contribution in [0.3, 0.4) is 0 Å². The summed E-state index contributed by atoms with van der Waals surface area (Å²) in [6.07, 6.45) is 1.84. The van der Waals surface area contributed by atoms with Crippen LogP contribution in [0.4, 0.5) is 0 Å². The summed E-state index contributed by atoms with van der Waals surface area (Å²) in [5, 5.41) is 0.399. The number of aryl methyl sites for hydroxylation is 1. The van der Waals surface area contributed by atoms with Gasteiger partial charge in [0.05, 0.1) is 0 Å². The van der Waals surface area contributed by atoms with Gasteiger partial charge in [0, 0.05) is 24.3 Å². The molecule has 1 saturated heterocycles. The lowest BCUT2D eigenvalue weighted by atomic mass is 9.93. The number of halogens is 1. The fourth-order valence-electron chi connectivity index (χ4n) is 2.32. The molecular formula is C14H19ClN2O. The summed E-state index contributed by atoms with van der Waals surface area (Å²) in [4.78, 5) is 18.5. The van der Waals surface area contributed by atoms with Crippen molar-refractivity contribution >= 4 is 17.5 Å². The van der Waals surface area contributed by atoms with Crippen LogP contribution in [0.2, 0.25) is 5.15 Å². The van der Waals surface area contributed by atoms with Crippen molar-refractivity contribution in [3.63, 3.8) is 0 Å². The molecule has 0 bridgehead atoms. The van der Waals surface area contributed by atoms with Gasteiger partial charge in [-0.05, 0) is 30.4 Å². The van der Waals surface area contributed by atoms with Crippen LogP contribution in [0.25, 0.3) is 0 Å². The zero-order valence-corrected chi connectivity index (χ0v) is 11.9. The van der Waals surface area contributed by atoms with E-state index < -0.39 is 0 Å². The van der Waals surface area contributed by atoms with E-state index in [-0.39, 0.29) is 11.3 Å². The lowest BCUT2D eigenvalue weighted by Crippen LogP contribution is -2.30. The smallest absolute Gasteiger partial charge is 0.254 e. The van der Waals surface area contributed by atoms with Crippen molar-refractivity contribution in [3.05, 3.63) is 28.5 Å². The van der Waals surface area contributed by atoms with Gasteiger partial charge in [0.1, 0.15) is 5.15 Å². The number of likely N-dealkylation sites (tertiary alicyclic amines) is 1. The molecule has 18 heavy (non-hydrogen) atoms. The molecule has 1 aromatic heterocycles. The van der Waals surface area contributed by atoms with Crippen molar-refractivity contribution in [2.75, 3.05) is 13.1 Å². The second-order valence-electron chi connectivity index (χ2n) is 5.66. The van der Waals surface area contributed by atoms with Crippen LogP contribution >= 0.6 is 11.6 Å². The second kappa shape index (κ2) is 4.88. The van der Waals surface area contributed by atoms with E-state index >= 15 is 0 Å². The summed E-state index contributed by atoms with van der Waals surface area (Å²) in [6.45, 7) is 8.03. The molecule has 0 saturated carbocycles. The quantitative estimate of drug-likeness (QED) is 0.771. The molecule has 0 atom stereocenters. The number of hydrogen-bond donors (Lipinski definition) is 0. The van der Waals surface area contributed by atoms with Crippen molar-refractivity contribution in [2.45, 2.75) is 33.6 Å². The number of carbonyl (C=O) groups excluding carboxylic acids is 1. The molecule has 0 radical (unpaired) electrons. The normalized spacial score (nSPS) is 18.1. The van der Waals surface area contributed by atoms with E-state index in [1.165, 1.54) is 0 Å². The molecule has 2 rings (SSSR count). The Morgan fingerprint density at radius 3 is 2.78 bits per heavy atom. The third-order valence-electron chi connectivity index (χ3n) is 3.42. The lowest BCUT2D eigenvalue weighted by Gasteiger charge is -2.20. The summed E-state index contributed by atoms with van der Waals surface area (Å²) in [7, 11) is 0. The van der Waals surface area contributed by atoms with Gasteiger partial charge in [0.2, 0.25) is 0 Å². The average molecular weight is 267 g/mol. The van der Waals surface area contributed by atoms with E-state index in [1.807, 2.05) is 17.9 Å². The van der Waals surface area contributed by atoms with Gasteiger partial charge < -0.3 is 4.90 Å². The largest absolute Gasteiger partial charge is 0.338 e. The number of nitrogens with zero attached hydrogens (tertiary/aromatic N) is 2. The Labute approximate surface area is 113 Å². The lowest BCUT2D eigenvalue weighted by molar-refractivity contribution is 0.0778. The van der Waals surface area contributed by atoms with E-state index in [4.69, 9.17) is 11.6 Å². The average Bonchev–Trinajstić information content (AvgIpc) is 2.67.